The summed E-state index contributed by atoms with van der Waals surface area (Å²) in [5.41, 5.74) is 1.83. The van der Waals surface area contributed by atoms with Gasteiger partial charge in [-0.3, -0.25) is 9.59 Å². The highest BCUT2D eigenvalue weighted by atomic mass is 16.7. The summed E-state index contributed by atoms with van der Waals surface area (Å²) in [4.78, 5) is 26.3. The van der Waals surface area contributed by atoms with Gasteiger partial charge in [0.25, 0.3) is 11.5 Å². The molecule has 9 heteroatoms. The van der Waals surface area contributed by atoms with Gasteiger partial charge < -0.3 is 24.1 Å². The van der Waals surface area contributed by atoms with E-state index in [2.05, 4.69) is 10.4 Å². The number of methoxy groups -OCH3 is 1. The molecule has 0 aromatic heterocycles. The minimum atomic E-state index is -0.390. The number of nitrogens with zero attached hydrogens (tertiary/aromatic N) is 3. The molecule has 0 saturated carbocycles. The average molecular weight is 432 g/mol. The molecule has 0 fully saturated rings. The molecule has 0 spiro atoms. The number of hydrogen-bond donors (Lipinski definition) is 1. The van der Waals surface area contributed by atoms with Crippen molar-refractivity contribution in [3.05, 3.63) is 76.8 Å². The predicted molar refractivity (Wildman–Crippen MR) is 117 cm³/mol. The second kappa shape index (κ2) is 8.20. The van der Waals surface area contributed by atoms with E-state index in [0.717, 1.165) is 0 Å². The number of amides is 1. The van der Waals surface area contributed by atoms with E-state index in [4.69, 9.17) is 14.2 Å². The van der Waals surface area contributed by atoms with Gasteiger partial charge in [-0.1, -0.05) is 18.2 Å². The Hall–Kier alpha value is -4.11. The lowest BCUT2D eigenvalue weighted by Gasteiger charge is -2.13. The first-order valence-electron chi connectivity index (χ1n) is 10.0. The molecular formula is C23H20N4O5. The van der Waals surface area contributed by atoms with Crippen LogP contribution in [-0.2, 0) is 11.3 Å². The Labute approximate surface area is 183 Å². The number of rotatable bonds is 6. The van der Waals surface area contributed by atoms with Gasteiger partial charge in [-0.2, -0.15) is 9.78 Å². The Morgan fingerprint density at radius 1 is 1.12 bits per heavy atom. The number of ether oxygens (including phenoxy) is 3. The minimum Gasteiger partial charge on any atom is -0.454 e. The normalized spacial score (nSPS) is 12.3. The lowest BCUT2D eigenvalue weighted by Crippen LogP contribution is -2.18. The van der Waals surface area contributed by atoms with Crippen LogP contribution >= 0.6 is 0 Å². The zero-order chi connectivity index (χ0) is 22.1. The summed E-state index contributed by atoms with van der Waals surface area (Å²) in [6, 6.07) is 14.3. The largest absolute Gasteiger partial charge is 0.454 e. The number of pyridine rings is 1. The standard InChI is InChI=1S/C23H20N4O5/c1-30-10-9-26-12-17(22(28)24-15-7-8-19-20(11-15)32-14-31-19)21-18(13-26)23(29)27(25-21)16-5-3-2-4-6-16/h2-8,11-13H,9-10,14H2,1H3,(H,24,28). The fraction of sp³-hybridized carbons (Fsp3) is 0.174. The number of hydrogen-bond acceptors (Lipinski definition) is 6. The van der Waals surface area contributed by atoms with Crippen molar-refractivity contribution in [3.8, 4) is 28.4 Å². The molecule has 0 atom stereocenters. The first-order chi connectivity index (χ1) is 15.6. The number of anilines is 1. The number of benzene rings is 2. The van der Waals surface area contributed by atoms with E-state index in [1.165, 1.54) is 4.68 Å². The molecule has 0 unspecified atom stereocenters. The van der Waals surface area contributed by atoms with Crippen LogP contribution in [0.25, 0.3) is 16.9 Å². The second-order valence-electron chi connectivity index (χ2n) is 7.24. The van der Waals surface area contributed by atoms with Gasteiger partial charge in [0, 0.05) is 37.8 Å². The average Bonchev–Trinajstić information content (AvgIpc) is 3.42. The number of nitrogens with one attached hydrogen (secondary N) is 1. The van der Waals surface area contributed by atoms with Crippen LogP contribution in [-0.4, -0.2) is 40.8 Å². The number of carbonyl (C=O) groups is 1. The topological polar surface area (TPSA) is 96.6 Å². The molecule has 3 aliphatic heterocycles. The molecule has 162 valence electrons. The zero-order valence-corrected chi connectivity index (χ0v) is 17.3. The predicted octanol–water partition coefficient (Wildman–Crippen LogP) is 2.77. The van der Waals surface area contributed by atoms with Gasteiger partial charge >= 0.3 is 0 Å². The molecule has 2 aromatic rings. The van der Waals surface area contributed by atoms with Crippen molar-refractivity contribution in [1.29, 1.82) is 0 Å². The molecule has 3 heterocycles. The Morgan fingerprint density at radius 2 is 1.94 bits per heavy atom. The number of para-hydroxylation sites is 1. The van der Waals surface area contributed by atoms with Crippen LogP contribution in [0.3, 0.4) is 0 Å². The van der Waals surface area contributed by atoms with Gasteiger partial charge in [0.05, 0.1) is 23.4 Å². The van der Waals surface area contributed by atoms with E-state index < -0.39 is 5.91 Å². The molecule has 1 amide bonds. The van der Waals surface area contributed by atoms with Crippen LogP contribution in [0.15, 0.2) is 65.7 Å². The SMILES string of the molecule is COCCn1cc(C(=O)Nc2ccc3c(c2)OCO3)c2nn(-c3ccccc3)c(=O)c-2c1. The van der Waals surface area contributed by atoms with Gasteiger partial charge in [-0.25, -0.2) is 0 Å². The molecule has 0 saturated heterocycles. The molecule has 2 aromatic carbocycles. The minimum absolute atomic E-state index is 0.148. The van der Waals surface area contributed by atoms with E-state index in [0.29, 0.717) is 47.3 Å². The van der Waals surface area contributed by atoms with E-state index in [-0.39, 0.29) is 17.9 Å². The Kier molecular flexibility index (Phi) is 5.08. The van der Waals surface area contributed by atoms with Crippen molar-refractivity contribution in [2.45, 2.75) is 6.54 Å². The van der Waals surface area contributed by atoms with Crippen molar-refractivity contribution in [2.24, 2.45) is 0 Å². The van der Waals surface area contributed by atoms with E-state index in [1.54, 1.807) is 54.4 Å². The summed E-state index contributed by atoms with van der Waals surface area (Å²) in [6.45, 7) is 1.06. The van der Waals surface area contributed by atoms with Gasteiger partial charge in [0.1, 0.15) is 5.69 Å². The molecule has 0 aliphatic carbocycles. The van der Waals surface area contributed by atoms with E-state index in [9.17, 15) is 9.59 Å². The van der Waals surface area contributed by atoms with Crippen molar-refractivity contribution in [1.82, 2.24) is 14.3 Å². The first kappa shape index (κ1) is 19.8. The third kappa shape index (κ3) is 3.58. The maximum Gasteiger partial charge on any atom is 0.282 e. The molecule has 3 aliphatic rings. The summed E-state index contributed by atoms with van der Waals surface area (Å²) in [7, 11) is 1.60. The van der Waals surface area contributed by atoms with Gasteiger partial charge in [0.2, 0.25) is 6.79 Å². The van der Waals surface area contributed by atoms with E-state index >= 15 is 0 Å². The quantitative estimate of drug-likeness (QED) is 0.503. The van der Waals surface area contributed by atoms with Crippen LogP contribution in [0.4, 0.5) is 5.69 Å². The molecular weight excluding hydrogens is 412 g/mol. The lowest BCUT2D eigenvalue weighted by molar-refractivity contribution is 0.102. The van der Waals surface area contributed by atoms with Crippen LogP contribution in [0, 0.1) is 0 Å². The van der Waals surface area contributed by atoms with Crippen molar-refractivity contribution >= 4 is 11.6 Å². The highest BCUT2D eigenvalue weighted by molar-refractivity contribution is 6.08. The van der Waals surface area contributed by atoms with Crippen molar-refractivity contribution in [3.63, 3.8) is 0 Å². The zero-order valence-electron chi connectivity index (χ0n) is 17.3. The van der Waals surface area contributed by atoms with Gasteiger partial charge in [-0.15, -0.1) is 0 Å². The summed E-state index contributed by atoms with van der Waals surface area (Å²) >= 11 is 0. The molecule has 9 nitrogen and oxygen atoms in total. The maximum absolute atomic E-state index is 13.2. The summed E-state index contributed by atoms with van der Waals surface area (Å²) in [5, 5.41) is 7.34. The van der Waals surface area contributed by atoms with Crippen LogP contribution in [0.2, 0.25) is 0 Å². The molecule has 32 heavy (non-hydrogen) atoms. The fourth-order valence-electron chi connectivity index (χ4n) is 3.57. The highest BCUT2D eigenvalue weighted by Crippen LogP contribution is 2.34. The molecule has 5 rings (SSSR count). The smallest absolute Gasteiger partial charge is 0.282 e. The summed E-state index contributed by atoms with van der Waals surface area (Å²) in [6.07, 6.45) is 3.37. The lowest BCUT2D eigenvalue weighted by atomic mass is 10.1. The summed E-state index contributed by atoms with van der Waals surface area (Å²) < 4.78 is 18.9. The molecule has 0 radical (unpaired) electrons. The first-order valence-corrected chi connectivity index (χ1v) is 10.0. The molecule has 1 N–H and O–H groups in total. The Balaban J connectivity index is 1.57. The Bertz CT molecular complexity index is 1310. The van der Waals surface area contributed by atoms with Gasteiger partial charge in [-0.05, 0) is 24.3 Å². The van der Waals surface area contributed by atoms with Crippen molar-refractivity contribution in [2.75, 3.05) is 25.8 Å². The maximum atomic E-state index is 13.2. The number of fused-ring (bicyclic) bond motifs is 2. The van der Waals surface area contributed by atoms with Gasteiger partial charge in [0.15, 0.2) is 11.5 Å². The highest BCUT2D eigenvalue weighted by Gasteiger charge is 2.25. The van der Waals surface area contributed by atoms with Crippen LogP contribution in [0.1, 0.15) is 10.4 Å². The monoisotopic (exact) mass is 432 g/mol. The Morgan fingerprint density at radius 3 is 2.75 bits per heavy atom. The number of carbonyl (C=O) groups excluding carboxylic acids is 1. The third-order valence-electron chi connectivity index (χ3n) is 5.15. The van der Waals surface area contributed by atoms with Crippen molar-refractivity contribution < 1.29 is 19.0 Å². The van der Waals surface area contributed by atoms with E-state index in [1.807, 2.05) is 18.2 Å². The third-order valence-corrected chi connectivity index (χ3v) is 5.15. The molecule has 0 bridgehead atoms. The van der Waals surface area contributed by atoms with Crippen LogP contribution in [0.5, 0.6) is 11.5 Å². The fourth-order valence-corrected chi connectivity index (χ4v) is 3.57. The second-order valence-corrected chi connectivity index (χ2v) is 7.24. The summed E-state index contributed by atoms with van der Waals surface area (Å²) in [5.74, 6) is 0.796. The number of aromatic nitrogens is 3. The van der Waals surface area contributed by atoms with Crippen LogP contribution < -0.4 is 20.3 Å².